The lowest BCUT2D eigenvalue weighted by molar-refractivity contribution is 0.233. The maximum atomic E-state index is 11.8. The zero-order valence-corrected chi connectivity index (χ0v) is 13.1. The van der Waals surface area contributed by atoms with Gasteiger partial charge in [-0.3, -0.25) is 0 Å². The number of hydrogen-bond acceptors (Lipinski definition) is 4. The number of phenolic OH excluding ortho intramolecular Hbond substituents is 1. The Morgan fingerprint density at radius 2 is 2.05 bits per heavy atom. The van der Waals surface area contributed by atoms with Gasteiger partial charge in [-0.15, -0.1) is 0 Å². The predicted molar refractivity (Wildman–Crippen MR) is 85.4 cm³/mol. The van der Waals surface area contributed by atoms with E-state index in [4.69, 9.17) is 4.74 Å². The lowest BCUT2D eigenvalue weighted by Crippen LogP contribution is -2.41. The Balaban J connectivity index is 1.92. The minimum atomic E-state index is -0.306. The molecule has 6 heteroatoms. The molecule has 1 aromatic carbocycles. The summed E-state index contributed by atoms with van der Waals surface area (Å²) < 4.78 is 5.03. The highest BCUT2D eigenvalue weighted by molar-refractivity contribution is 6.01. The van der Waals surface area contributed by atoms with Gasteiger partial charge in [0.1, 0.15) is 11.5 Å². The van der Waals surface area contributed by atoms with Gasteiger partial charge in [0.25, 0.3) is 0 Å². The van der Waals surface area contributed by atoms with Gasteiger partial charge in [-0.2, -0.15) is 5.10 Å². The molecule has 3 N–H and O–H groups in total. The molecule has 1 aliphatic carbocycles. The van der Waals surface area contributed by atoms with Gasteiger partial charge in [0.2, 0.25) is 0 Å². The van der Waals surface area contributed by atoms with Crippen molar-refractivity contribution in [1.82, 2.24) is 10.7 Å². The first-order valence-corrected chi connectivity index (χ1v) is 7.58. The largest absolute Gasteiger partial charge is 0.507 e. The Bertz CT molecular complexity index is 552. The molecule has 2 rings (SSSR count). The summed E-state index contributed by atoms with van der Waals surface area (Å²) in [6.45, 7) is 1.72. The van der Waals surface area contributed by atoms with Gasteiger partial charge in [0.15, 0.2) is 0 Å². The number of hydrazone groups is 1. The summed E-state index contributed by atoms with van der Waals surface area (Å²) in [4.78, 5) is 11.8. The van der Waals surface area contributed by atoms with E-state index in [9.17, 15) is 9.90 Å². The normalized spacial score (nSPS) is 16.2. The monoisotopic (exact) mass is 305 g/mol. The van der Waals surface area contributed by atoms with Crippen molar-refractivity contribution >= 4 is 11.7 Å². The van der Waals surface area contributed by atoms with E-state index < -0.39 is 0 Å². The van der Waals surface area contributed by atoms with Crippen LogP contribution in [0.2, 0.25) is 0 Å². The molecule has 0 spiro atoms. The van der Waals surface area contributed by atoms with E-state index in [0.29, 0.717) is 17.0 Å². The molecule has 0 aromatic heterocycles. The first-order valence-electron chi connectivity index (χ1n) is 7.58. The number of methoxy groups -OCH3 is 1. The number of carbonyl (C=O) groups excluding carboxylic acids is 1. The average molecular weight is 305 g/mol. The Morgan fingerprint density at radius 1 is 1.32 bits per heavy atom. The number of benzene rings is 1. The Hall–Kier alpha value is -2.24. The maximum absolute atomic E-state index is 11.8. The number of phenols is 1. The molecule has 2 amide bonds. The first kappa shape index (κ1) is 16.1. The number of nitrogens with zero attached hydrogens (tertiary/aromatic N) is 1. The van der Waals surface area contributed by atoms with Crippen molar-refractivity contribution in [3.63, 3.8) is 0 Å². The van der Waals surface area contributed by atoms with Crippen LogP contribution in [0.15, 0.2) is 23.3 Å². The van der Waals surface area contributed by atoms with Crippen LogP contribution in [-0.4, -0.2) is 30.0 Å². The number of carbonyl (C=O) groups is 1. The van der Waals surface area contributed by atoms with Gasteiger partial charge in [-0.05, 0) is 31.9 Å². The van der Waals surface area contributed by atoms with Crippen LogP contribution in [0.1, 0.15) is 44.6 Å². The summed E-state index contributed by atoms with van der Waals surface area (Å²) in [6, 6.07) is 4.87. The van der Waals surface area contributed by atoms with Crippen LogP contribution in [0.4, 0.5) is 4.79 Å². The number of amides is 2. The molecule has 0 bridgehead atoms. The minimum absolute atomic E-state index is 0.0649. The highest BCUT2D eigenvalue weighted by atomic mass is 16.5. The fraction of sp³-hybridized carbons (Fsp3) is 0.500. The summed E-state index contributed by atoms with van der Waals surface area (Å²) in [5.41, 5.74) is 3.56. The Labute approximate surface area is 130 Å². The smallest absolute Gasteiger partial charge is 0.335 e. The van der Waals surface area contributed by atoms with Crippen LogP contribution in [0.25, 0.3) is 0 Å². The molecule has 1 aliphatic rings. The third-order valence-corrected chi connectivity index (χ3v) is 3.86. The third-order valence-electron chi connectivity index (χ3n) is 3.86. The van der Waals surface area contributed by atoms with Crippen LogP contribution in [0.3, 0.4) is 0 Å². The van der Waals surface area contributed by atoms with Crippen LogP contribution in [0, 0.1) is 0 Å². The standard InChI is InChI=1S/C16H23N3O3/c1-11(14-9-8-13(22-2)10-15(14)20)18-19-16(21)17-12-6-4-3-5-7-12/h8-10,12,20H,3-7H2,1-2H3,(H2,17,19,21). The molecule has 1 fully saturated rings. The number of aromatic hydroxyl groups is 1. The van der Waals surface area contributed by atoms with Crippen LogP contribution in [0.5, 0.6) is 11.5 Å². The molecule has 0 saturated heterocycles. The first-order chi connectivity index (χ1) is 10.6. The van der Waals surface area contributed by atoms with Crippen molar-refractivity contribution in [2.24, 2.45) is 5.10 Å². The van der Waals surface area contributed by atoms with E-state index in [2.05, 4.69) is 15.8 Å². The molecule has 6 nitrogen and oxygen atoms in total. The van der Waals surface area contributed by atoms with Gasteiger partial charge in [0.05, 0.1) is 12.8 Å². The number of urea groups is 1. The van der Waals surface area contributed by atoms with Crippen molar-refractivity contribution in [3.8, 4) is 11.5 Å². The van der Waals surface area contributed by atoms with Gasteiger partial charge >= 0.3 is 6.03 Å². The summed E-state index contributed by atoms with van der Waals surface area (Å²) >= 11 is 0. The zero-order chi connectivity index (χ0) is 15.9. The number of nitrogens with one attached hydrogen (secondary N) is 2. The van der Waals surface area contributed by atoms with Crippen LogP contribution < -0.4 is 15.5 Å². The fourth-order valence-electron chi connectivity index (χ4n) is 2.60. The third kappa shape index (κ3) is 4.38. The van der Waals surface area contributed by atoms with Gasteiger partial charge in [-0.25, -0.2) is 10.2 Å². The van der Waals surface area contributed by atoms with Gasteiger partial charge in [-0.1, -0.05) is 19.3 Å². The van der Waals surface area contributed by atoms with Crippen molar-refractivity contribution in [2.75, 3.05) is 7.11 Å². The fourth-order valence-corrected chi connectivity index (χ4v) is 2.60. The van der Waals surface area contributed by atoms with Crippen LogP contribution >= 0.6 is 0 Å². The lowest BCUT2D eigenvalue weighted by Gasteiger charge is -2.22. The molecule has 1 aromatic rings. The topological polar surface area (TPSA) is 83.0 Å². The maximum Gasteiger partial charge on any atom is 0.335 e. The predicted octanol–water partition coefficient (Wildman–Crippen LogP) is 2.76. The lowest BCUT2D eigenvalue weighted by atomic mass is 9.96. The Kier molecular flexibility index (Phi) is 5.63. The van der Waals surface area contributed by atoms with E-state index in [1.165, 1.54) is 19.6 Å². The molecule has 22 heavy (non-hydrogen) atoms. The second kappa shape index (κ2) is 7.68. The number of hydrogen-bond donors (Lipinski definition) is 3. The zero-order valence-electron chi connectivity index (χ0n) is 13.1. The minimum Gasteiger partial charge on any atom is -0.507 e. The molecule has 0 unspecified atom stereocenters. The number of rotatable bonds is 4. The van der Waals surface area contributed by atoms with Crippen molar-refractivity contribution < 1.29 is 14.6 Å². The second-order valence-electron chi connectivity index (χ2n) is 5.50. The summed E-state index contributed by atoms with van der Waals surface area (Å²) in [7, 11) is 1.53. The highest BCUT2D eigenvalue weighted by Crippen LogP contribution is 2.23. The van der Waals surface area contributed by atoms with E-state index in [1.807, 2.05) is 0 Å². The van der Waals surface area contributed by atoms with E-state index in [0.717, 1.165) is 25.7 Å². The SMILES string of the molecule is COc1ccc(C(C)=NNC(=O)NC2CCCCC2)c(O)c1. The molecule has 0 radical (unpaired) electrons. The van der Waals surface area contributed by atoms with E-state index in [1.54, 1.807) is 19.1 Å². The van der Waals surface area contributed by atoms with E-state index >= 15 is 0 Å². The highest BCUT2D eigenvalue weighted by Gasteiger charge is 2.15. The van der Waals surface area contributed by atoms with E-state index in [-0.39, 0.29) is 17.8 Å². The molecule has 0 heterocycles. The number of ether oxygens (including phenoxy) is 1. The van der Waals surface area contributed by atoms with Crippen molar-refractivity contribution in [1.29, 1.82) is 0 Å². The molecular formula is C16H23N3O3. The quantitative estimate of drug-likeness (QED) is 0.591. The molecule has 120 valence electrons. The summed E-state index contributed by atoms with van der Waals surface area (Å²) in [5, 5.41) is 16.9. The second-order valence-corrected chi connectivity index (χ2v) is 5.50. The molecule has 1 saturated carbocycles. The molecular weight excluding hydrogens is 282 g/mol. The van der Waals surface area contributed by atoms with Crippen LogP contribution in [-0.2, 0) is 0 Å². The van der Waals surface area contributed by atoms with Gasteiger partial charge in [0, 0.05) is 17.7 Å². The van der Waals surface area contributed by atoms with Crippen molar-refractivity contribution in [3.05, 3.63) is 23.8 Å². The summed E-state index contributed by atoms with van der Waals surface area (Å²) in [6.07, 6.45) is 5.61. The van der Waals surface area contributed by atoms with Crippen molar-refractivity contribution in [2.45, 2.75) is 45.1 Å². The Morgan fingerprint density at radius 3 is 2.68 bits per heavy atom. The molecule has 0 aliphatic heterocycles. The van der Waals surface area contributed by atoms with Gasteiger partial charge < -0.3 is 15.2 Å². The average Bonchev–Trinajstić information content (AvgIpc) is 2.53. The summed E-state index contributed by atoms with van der Waals surface area (Å²) in [5.74, 6) is 0.632. The molecule has 0 atom stereocenters.